The number of ether oxygens (including phenoxy) is 1. The lowest BCUT2D eigenvalue weighted by Crippen LogP contribution is -2.44. The summed E-state index contributed by atoms with van der Waals surface area (Å²) in [5.74, 6) is -0.731. The molecule has 0 aliphatic carbocycles. The maximum atomic E-state index is 12.9. The van der Waals surface area contributed by atoms with Crippen molar-refractivity contribution in [1.82, 2.24) is 9.91 Å². The number of halogens is 4. The smallest absolute Gasteiger partial charge is 0.404 e. The van der Waals surface area contributed by atoms with Gasteiger partial charge in [-0.3, -0.25) is 4.79 Å². The molecule has 0 bridgehead atoms. The number of likely N-dealkylation sites (N-methyl/N-ethyl adjacent to an activating group) is 1. The van der Waals surface area contributed by atoms with E-state index in [1.54, 1.807) is 6.92 Å². The van der Waals surface area contributed by atoms with Gasteiger partial charge in [0.15, 0.2) is 0 Å². The minimum atomic E-state index is -4.87. The second-order valence-corrected chi connectivity index (χ2v) is 9.10. The molecule has 6 nitrogen and oxygen atoms in total. The zero-order valence-electron chi connectivity index (χ0n) is 19.2. The van der Waals surface area contributed by atoms with Crippen LogP contribution in [0.3, 0.4) is 0 Å². The standard InChI is InChI=1S/C24H26ClF3N4O2/c1-15-12-18-13-22(34-24(26,27)28)21(25)14-20(18)23(29-32(15)16(2)33)17-4-6-19(7-5-17)31-10-8-30(3)9-11-31/h4-7,13-15H,8-12H2,1-3H3. The second-order valence-electron chi connectivity index (χ2n) is 8.69. The normalized spacial score (nSPS) is 19.4. The highest BCUT2D eigenvalue weighted by molar-refractivity contribution is 6.32. The molecule has 0 saturated carbocycles. The van der Waals surface area contributed by atoms with Crippen molar-refractivity contribution in [3.63, 3.8) is 0 Å². The molecule has 1 fully saturated rings. The molecule has 2 aliphatic rings. The zero-order valence-corrected chi connectivity index (χ0v) is 20.0. The number of hydrogen-bond acceptors (Lipinski definition) is 5. The molecular weight excluding hydrogens is 469 g/mol. The number of carbonyl (C=O) groups is 1. The summed E-state index contributed by atoms with van der Waals surface area (Å²) in [4.78, 5) is 16.9. The maximum Gasteiger partial charge on any atom is 0.573 e. The summed E-state index contributed by atoms with van der Waals surface area (Å²) in [7, 11) is 2.10. The highest BCUT2D eigenvalue weighted by atomic mass is 35.5. The van der Waals surface area contributed by atoms with Crippen molar-refractivity contribution in [3.8, 4) is 5.75 Å². The molecule has 2 aromatic carbocycles. The van der Waals surface area contributed by atoms with Crippen LogP contribution < -0.4 is 9.64 Å². The second kappa shape index (κ2) is 9.46. The van der Waals surface area contributed by atoms with E-state index in [4.69, 9.17) is 11.6 Å². The lowest BCUT2D eigenvalue weighted by atomic mass is 9.94. The first-order valence-corrected chi connectivity index (χ1v) is 11.4. The highest BCUT2D eigenvalue weighted by Crippen LogP contribution is 2.36. The summed E-state index contributed by atoms with van der Waals surface area (Å²) in [6.45, 7) is 7.02. The summed E-state index contributed by atoms with van der Waals surface area (Å²) in [6, 6.07) is 10.2. The molecule has 0 N–H and O–H groups in total. The molecule has 0 aromatic heterocycles. The van der Waals surface area contributed by atoms with E-state index in [9.17, 15) is 18.0 Å². The van der Waals surface area contributed by atoms with Gasteiger partial charge in [-0.15, -0.1) is 13.2 Å². The van der Waals surface area contributed by atoms with Crippen molar-refractivity contribution in [3.05, 3.63) is 58.1 Å². The molecule has 1 amide bonds. The van der Waals surface area contributed by atoms with Gasteiger partial charge in [-0.2, -0.15) is 5.10 Å². The van der Waals surface area contributed by atoms with Gasteiger partial charge in [0.25, 0.3) is 0 Å². The SMILES string of the molecule is CC(=O)N1N=C(c2ccc(N3CCN(C)CC3)cc2)c2cc(Cl)c(OC(F)(F)F)cc2CC1C. The van der Waals surface area contributed by atoms with E-state index in [1.165, 1.54) is 24.1 Å². The average molecular weight is 495 g/mol. The molecule has 34 heavy (non-hydrogen) atoms. The number of amides is 1. The molecule has 10 heteroatoms. The molecule has 0 radical (unpaired) electrons. The Hall–Kier alpha value is -2.78. The van der Waals surface area contributed by atoms with E-state index in [-0.39, 0.29) is 17.0 Å². The third kappa shape index (κ3) is 5.31. The van der Waals surface area contributed by atoms with Crippen molar-refractivity contribution in [1.29, 1.82) is 0 Å². The molecule has 4 rings (SSSR count). The first-order chi connectivity index (χ1) is 16.0. The molecule has 1 saturated heterocycles. The van der Waals surface area contributed by atoms with E-state index >= 15 is 0 Å². The predicted octanol–water partition coefficient (Wildman–Crippen LogP) is 4.54. The number of carbonyl (C=O) groups excluding carboxylic acids is 1. The van der Waals surface area contributed by atoms with Gasteiger partial charge in [0.05, 0.1) is 16.8 Å². The van der Waals surface area contributed by atoms with E-state index < -0.39 is 12.1 Å². The third-order valence-corrected chi connectivity index (χ3v) is 6.41. The number of nitrogens with zero attached hydrogens (tertiary/aromatic N) is 4. The van der Waals surface area contributed by atoms with Crippen LogP contribution in [0.5, 0.6) is 5.75 Å². The van der Waals surface area contributed by atoms with Crippen LogP contribution in [-0.4, -0.2) is 67.2 Å². The fraction of sp³-hybridized carbons (Fsp3) is 0.417. The van der Waals surface area contributed by atoms with Gasteiger partial charge in [0.1, 0.15) is 5.75 Å². The van der Waals surface area contributed by atoms with Crippen molar-refractivity contribution in [2.24, 2.45) is 5.10 Å². The van der Waals surface area contributed by atoms with E-state index in [1.807, 2.05) is 24.3 Å². The lowest BCUT2D eigenvalue weighted by Gasteiger charge is -2.34. The number of rotatable bonds is 3. The monoisotopic (exact) mass is 494 g/mol. The van der Waals surface area contributed by atoms with Gasteiger partial charge in [0, 0.05) is 49.9 Å². The van der Waals surface area contributed by atoms with Crippen molar-refractivity contribution >= 4 is 28.9 Å². The summed E-state index contributed by atoms with van der Waals surface area (Å²) in [6.07, 6.45) is -4.57. The van der Waals surface area contributed by atoms with Gasteiger partial charge in [-0.1, -0.05) is 23.7 Å². The first kappa shape index (κ1) is 24.3. The van der Waals surface area contributed by atoms with Gasteiger partial charge >= 0.3 is 6.36 Å². The summed E-state index contributed by atoms with van der Waals surface area (Å²) in [5.41, 5.74) is 3.43. The number of alkyl halides is 3. The number of piperazine rings is 1. The molecule has 2 aromatic rings. The van der Waals surface area contributed by atoms with Crippen LogP contribution in [0.2, 0.25) is 5.02 Å². The van der Waals surface area contributed by atoms with Crippen LogP contribution in [0.25, 0.3) is 0 Å². The minimum absolute atomic E-state index is 0.179. The summed E-state index contributed by atoms with van der Waals surface area (Å²) in [5, 5.41) is 5.81. The Morgan fingerprint density at radius 3 is 2.35 bits per heavy atom. The van der Waals surface area contributed by atoms with Crippen LogP contribution in [0.15, 0.2) is 41.5 Å². The quantitative estimate of drug-likeness (QED) is 0.629. The Morgan fingerprint density at radius 2 is 1.76 bits per heavy atom. The summed E-state index contributed by atoms with van der Waals surface area (Å²) >= 11 is 6.18. The van der Waals surface area contributed by atoms with Gasteiger partial charge in [-0.25, -0.2) is 5.01 Å². The first-order valence-electron chi connectivity index (χ1n) is 11.0. The molecular formula is C24H26ClF3N4O2. The van der Waals surface area contributed by atoms with E-state index in [2.05, 4.69) is 26.7 Å². The van der Waals surface area contributed by atoms with Gasteiger partial charge in [0.2, 0.25) is 5.91 Å². The van der Waals surface area contributed by atoms with Crippen LogP contribution in [0.4, 0.5) is 18.9 Å². The van der Waals surface area contributed by atoms with Crippen LogP contribution >= 0.6 is 11.6 Å². The number of hydrazone groups is 1. The van der Waals surface area contributed by atoms with Crippen LogP contribution in [-0.2, 0) is 11.2 Å². The highest BCUT2D eigenvalue weighted by Gasteiger charge is 2.34. The Bertz CT molecular complexity index is 1100. The lowest BCUT2D eigenvalue weighted by molar-refractivity contribution is -0.274. The molecule has 1 atom stereocenters. The summed E-state index contributed by atoms with van der Waals surface area (Å²) < 4.78 is 42.7. The number of fused-ring (bicyclic) bond motifs is 1. The van der Waals surface area contributed by atoms with Gasteiger partial charge in [-0.05, 0) is 50.2 Å². The Kier molecular flexibility index (Phi) is 6.78. The molecule has 0 spiro atoms. The fourth-order valence-corrected chi connectivity index (χ4v) is 4.54. The largest absolute Gasteiger partial charge is 0.573 e. The zero-order chi connectivity index (χ0) is 24.6. The molecule has 182 valence electrons. The van der Waals surface area contributed by atoms with Crippen molar-refractivity contribution in [2.75, 3.05) is 38.1 Å². The van der Waals surface area contributed by atoms with E-state index in [0.717, 1.165) is 37.4 Å². The number of hydrogen-bond donors (Lipinski definition) is 0. The van der Waals surface area contributed by atoms with Crippen LogP contribution in [0, 0.1) is 0 Å². The number of benzene rings is 2. The third-order valence-electron chi connectivity index (χ3n) is 6.11. The van der Waals surface area contributed by atoms with Crippen LogP contribution in [0.1, 0.15) is 30.5 Å². The number of anilines is 1. The topological polar surface area (TPSA) is 48.4 Å². The van der Waals surface area contributed by atoms with Gasteiger partial charge < -0.3 is 14.5 Å². The predicted molar refractivity (Wildman–Crippen MR) is 126 cm³/mol. The molecule has 2 aliphatic heterocycles. The average Bonchev–Trinajstić information content (AvgIpc) is 2.90. The minimum Gasteiger partial charge on any atom is -0.404 e. The van der Waals surface area contributed by atoms with E-state index in [0.29, 0.717) is 23.3 Å². The Labute approximate surface area is 201 Å². The molecule has 2 heterocycles. The Balaban J connectivity index is 1.74. The maximum absolute atomic E-state index is 12.9. The van der Waals surface area contributed by atoms with Crippen molar-refractivity contribution < 1.29 is 22.7 Å². The van der Waals surface area contributed by atoms with Crippen molar-refractivity contribution in [2.45, 2.75) is 32.7 Å². The fourth-order valence-electron chi connectivity index (χ4n) is 4.34. The Morgan fingerprint density at radius 1 is 1.12 bits per heavy atom. The molecule has 1 unspecified atom stereocenters.